The van der Waals surface area contributed by atoms with Crippen LogP contribution >= 0.6 is 23.2 Å². The number of rotatable bonds is 4. The summed E-state index contributed by atoms with van der Waals surface area (Å²) < 4.78 is 44.8. The third-order valence-electron chi connectivity index (χ3n) is 2.59. The van der Waals surface area contributed by atoms with Crippen LogP contribution in [-0.2, 0) is 15.1 Å². The summed E-state index contributed by atoms with van der Waals surface area (Å²) in [5.41, 5.74) is -3.73. The lowest BCUT2D eigenvalue weighted by atomic mass is 9.93. The maximum atomic E-state index is 13.4. The van der Waals surface area contributed by atoms with E-state index in [1.807, 2.05) is 0 Å². The lowest BCUT2D eigenvalue weighted by molar-refractivity contribution is -0.253. The van der Waals surface area contributed by atoms with Crippen molar-refractivity contribution in [3.63, 3.8) is 0 Å². The van der Waals surface area contributed by atoms with Gasteiger partial charge in [0.25, 0.3) is 5.60 Å². The average molecular weight is 339 g/mol. The molecule has 1 rings (SSSR count). The molecule has 0 saturated heterocycles. The van der Waals surface area contributed by atoms with Crippen LogP contribution < -0.4 is 0 Å². The van der Waals surface area contributed by atoms with Crippen molar-refractivity contribution < 1.29 is 22.7 Å². The van der Waals surface area contributed by atoms with E-state index in [0.29, 0.717) is 6.42 Å². The fraction of sp³-hybridized carbons (Fsp3) is 0.357. The Kier molecular flexibility index (Phi) is 5.54. The predicted molar refractivity (Wildman–Crippen MR) is 74.0 cm³/mol. The first-order chi connectivity index (χ1) is 9.66. The summed E-state index contributed by atoms with van der Waals surface area (Å²) in [5.74, 6) is 0.478. The van der Waals surface area contributed by atoms with E-state index < -0.39 is 23.3 Å². The van der Waals surface area contributed by atoms with Gasteiger partial charge in [-0.2, -0.15) is 13.2 Å². The zero-order valence-electron chi connectivity index (χ0n) is 10.9. The van der Waals surface area contributed by atoms with Gasteiger partial charge >= 0.3 is 12.1 Å². The molecule has 0 saturated carbocycles. The van der Waals surface area contributed by atoms with E-state index in [0.717, 1.165) is 12.1 Å². The summed E-state index contributed by atoms with van der Waals surface area (Å²) >= 11 is 11.4. The van der Waals surface area contributed by atoms with Gasteiger partial charge in [0.05, 0.1) is 0 Å². The largest absolute Gasteiger partial charge is 0.445 e. The van der Waals surface area contributed by atoms with Crippen LogP contribution in [0, 0.1) is 12.3 Å². The van der Waals surface area contributed by atoms with Gasteiger partial charge in [0.1, 0.15) is 0 Å². The summed E-state index contributed by atoms with van der Waals surface area (Å²) in [4.78, 5) is 11.5. The Bertz CT molecular complexity index is 558. The quantitative estimate of drug-likeness (QED) is 0.586. The highest BCUT2D eigenvalue weighted by molar-refractivity contribution is 6.34. The highest BCUT2D eigenvalue weighted by atomic mass is 35.5. The number of halogens is 5. The van der Waals surface area contributed by atoms with Crippen LogP contribution in [0.25, 0.3) is 0 Å². The Morgan fingerprint density at radius 1 is 1.29 bits per heavy atom. The molecule has 0 fully saturated rings. The van der Waals surface area contributed by atoms with E-state index in [2.05, 4.69) is 4.74 Å². The summed E-state index contributed by atoms with van der Waals surface area (Å²) in [7, 11) is 0. The van der Waals surface area contributed by atoms with Crippen molar-refractivity contribution in [2.45, 2.75) is 31.5 Å². The average Bonchev–Trinajstić information content (AvgIpc) is 2.33. The number of terminal acetylenes is 1. The zero-order chi connectivity index (χ0) is 16.3. The van der Waals surface area contributed by atoms with E-state index in [4.69, 9.17) is 29.6 Å². The van der Waals surface area contributed by atoms with Gasteiger partial charge in [-0.3, -0.25) is 4.79 Å². The maximum absolute atomic E-state index is 13.4. The van der Waals surface area contributed by atoms with Gasteiger partial charge in [-0.1, -0.05) is 30.1 Å². The highest BCUT2D eigenvalue weighted by Gasteiger charge is 2.59. The van der Waals surface area contributed by atoms with Gasteiger partial charge in [0.2, 0.25) is 0 Å². The Morgan fingerprint density at radius 2 is 1.81 bits per heavy atom. The molecule has 21 heavy (non-hydrogen) atoms. The number of hydrogen-bond donors (Lipinski definition) is 0. The van der Waals surface area contributed by atoms with Crippen LogP contribution in [-0.4, -0.2) is 12.1 Å². The first kappa shape index (κ1) is 17.7. The highest BCUT2D eigenvalue weighted by Crippen LogP contribution is 2.43. The molecule has 0 bridgehead atoms. The number of benzene rings is 1. The smallest absolute Gasteiger partial charge is 0.431 e. The second-order valence-corrected chi connectivity index (χ2v) is 5.08. The fourth-order valence-corrected chi connectivity index (χ4v) is 2.18. The molecule has 7 heteroatoms. The van der Waals surface area contributed by atoms with Crippen LogP contribution in [0.3, 0.4) is 0 Å². The first-order valence-corrected chi connectivity index (χ1v) is 6.64. The number of carbonyl (C=O) groups is 1. The molecule has 0 heterocycles. The number of alkyl halides is 3. The van der Waals surface area contributed by atoms with Crippen molar-refractivity contribution in [2.75, 3.05) is 0 Å². The lowest BCUT2D eigenvalue weighted by Gasteiger charge is -2.31. The van der Waals surface area contributed by atoms with Crippen molar-refractivity contribution >= 4 is 29.2 Å². The van der Waals surface area contributed by atoms with Gasteiger partial charge in [0, 0.05) is 22.0 Å². The normalized spacial score (nSPS) is 14.1. The van der Waals surface area contributed by atoms with Gasteiger partial charge in [-0.25, -0.2) is 0 Å². The van der Waals surface area contributed by atoms with Gasteiger partial charge in [0.15, 0.2) is 0 Å². The van der Waals surface area contributed by atoms with Crippen LogP contribution in [0.15, 0.2) is 18.2 Å². The number of carbonyl (C=O) groups excluding carboxylic acids is 1. The third kappa shape index (κ3) is 3.84. The minimum Gasteiger partial charge on any atom is -0.431 e. The first-order valence-electron chi connectivity index (χ1n) is 5.89. The van der Waals surface area contributed by atoms with E-state index >= 15 is 0 Å². The number of esters is 1. The number of hydrogen-bond acceptors (Lipinski definition) is 2. The standard InChI is InChI=1S/C14H11Cl2F3O2/c1-3-5-12(20)21-13(4-2,14(17,18)19)9-6-10(15)8-11(16)7-9/h2,6-8H,3,5H2,1H3. The second kappa shape index (κ2) is 6.59. The SMILES string of the molecule is C#CC(OC(=O)CCC)(c1cc(Cl)cc(Cl)c1)C(F)(F)F. The van der Waals surface area contributed by atoms with Crippen molar-refractivity contribution in [3.8, 4) is 12.3 Å². The lowest BCUT2D eigenvalue weighted by Crippen LogP contribution is -2.45. The molecule has 0 radical (unpaired) electrons. The molecular formula is C14H11Cl2F3O2. The summed E-state index contributed by atoms with van der Waals surface area (Å²) in [5, 5.41) is -0.0965. The predicted octanol–water partition coefficient (Wildman–Crippen LogP) is 4.73. The van der Waals surface area contributed by atoms with Crippen molar-refractivity contribution in [1.82, 2.24) is 0 Å². The Labute approximate surface area is 130 Å². The van der Waals surface area contributed by atoms with Gasteiger partial charge < -0.3 is 4.74 Å². The molecule has 0 N–H and O–H groups in total. The number of ether oxygens (including phenoxy) is 1. The summed E-state index contributed by atoms with van der Waals surface area (Å²) in [6.07, 6.45) is 0.163. The van der Waals surface area contributed by atoms with Gasteiger partial charge in [-0.05, 0) is 30.5 Å². The van der Waals surface area contributed by atoms with Crippen LogP contribution in [0.5, 0.6) is 0 Å². The molecule has 114 valence electrons. The molecule has 1 aromatic carbocycles. The molecule has 0 aliphatic carbocycles. The molecule has 0 aliphatic heterocycles. The van der Waals surface area contributed by atoms with Crippen molar-refractivity contribution in [1.29, 1.82) is 0 Å². The van der Waals surface area contributed by atoms with Crippen LogP contribution in [0.1, 0.15) is 25.3 Å². The maximum Gasteiger partial charge on any atom is 0.445 e. The van der Waals surface area contributed by atoms with E-state index in [9.17, 15) is 18.0 Å². The summed E-state index contributed by atoms with van der Waals surface area (Å²) in [6, 6.07) is 3.19. The minimum atomic E-state index is -5.01. The molecule has 1 atom stereocenters. The summed E-state index contributed by atoms with van der Waals surface area (Å²) in [6.45, 7) is 1.63. The Balaban J connectivity index is 3.44. The van der Waals surface area contributed by atoms with E-state index in [1.165, 1.54) is 12.0 Å². The molecule has 0 aliphatic rings. The topological polar surface area (TPSA) is 26.3 Å². The second-order valence-electron chi connectivity index (χ2n) is 4.21. The minimum absolute atomic E-state index is 0.0482. The van der Waals surface area contributed by atoms with Crippen molar-refractivity contribution in [2.24, 2.45) is 0 Å². The molecule has 0 spiro atoms. The Hall–Kier alpha value is -1.38. The van der Waals surface area contributed by atoms with Crippen LogP contribution in [0.4, 0.5) is 13.2 Å². The molecule has 1 unspecified atom stereocenters. The molecule has 0 aromatic heterocycles. The Morgan fingerprint density at radius 3 is 2.19 bits per heavy atom. The fourth-order valence-electron chi connectivity index (χ4n) is 1.66. The molecular weight excluding hydrogens is 328 g/mol. The van der Waals surface area contributed by atoms with Crippen LogP contribution in [0.2, 0.25) is 10.0 Å². The van der Waals surface area contributed by atoms with Gasteiger partial charge in [-0.15, -0.1) is 6.42 Å². The third-order valence-corrected chi connectivity index (χ3v) is 3.03. The van der Waals surface area contributed by atoms with Crippen molar-refractivity contribution in [3.05, 3.63) is 33.8 Å². The molecule has 2 nitrogen and oxygen atoms in total. The zero-order valence-corrected chi connectivity index (χ0v) is 12.4. The van der Waals surface area contributed by atoms with E-state index in [1.54, 1.807) is 6.92 Å². The molecule has 1 aromatic rings. The van der Waals surface area contributed by atoms with E-state index in [-0.39, 0.29) is 16.5 Å². The monoisotopic (exact) mass is 338 g/mol. The molecule has 0 amide bonds.